The number of methoxy groups -OCH3 is 1. The zero-order valence-corrected chi connectivity index (χ0v) is 13.4. The zero-order chi connectivity index (χ0) is 15.1. The molecule has 0 spiro atoms. The third kappa shape index (κ3) is 4.61. The molecule has 0 bridgehead atoms. The molecule has 1 heterocycles. The van der Waals surface area contributed by atoms with Crippen LogP contribution in [0.2, 0.25) is 0 Å². The molecule has 0 aliphatic carbocycles. The standard InChI is InChI=1S/C17H27NO3/c1-13(18-2)16-9-8-15(19-3)12-17(16)21-11-5-7-14-6-4-10-20-14/h8-9,12-14,18H,4-7,10-11H2,1-3H3. The highest BCUT2D eigenvalue weighted by Crippen LogP contribution is 2.29. The fourth-order valence-electron chi connectivity index (χ4n) is 2.65. The van der Waals surface area contributed by atoms with Gasteiger partial charge in [-0.25, -0.2) is 0 Å². The summed E-state index contributed by atoms with van der Waals surface area (Å²) < 4.78 is 16.9. The van der Waals surface area contributed by atoms with Crippen molar-refractivity contribution in [2.45, 2.75) is 44.8 Å². The lowest BCUT2D eigenvalue weighted by Gasteiger charge is -2.18. The predicted molar refractivity (Wildman–Crippen MR) is 84.2 cm³/mol. The van der Waals surface area contributed by atoms with Crippen LogP contribution in [0.15, 0.2) is 18.2 Å². The molecule has 4 heteroatoms. The van der Waals surface area contributed by atoms with Crippen LogP contribution < -0.4 is 14.8 Å². The molecule has 0 amide bonds. The summed E-state index contributed by atoms with van der Waals surface area (Å²) >= 11 is 0. The predicted octanol–water partition coefficient (Wildman–Crippen LogP) is 3.31. The van der Waals surface area contributed by atoms with Gasteiger partial charge in [-0.05, 0) is 45.7 Å². The van der Waals surface area contributed by atoms with Gasteiger partial charge in [-0.15, -0.1) is 0 Å². The normalized spacial score (nSPS) is 19.5. The Morgan fingerprint density at radius 2 is 2.29 bits per heavy atom. The van der Waals surface area contributed by atoms with Gasteiger partial charge in [-0.1, -0.05) is 6.07 Å². The lowest BCUT2D eigenvalue weighted by atomic mass is 10.1. The summed E-state index contributed by atoms with van der Waals surface area (Å²) in [4.78, 5) is 0. The van der Waals surface area contributed by atoms with Crippen LogP contribution in [-0.2, 0) is 4.74 Å². The average molecular weight is 293 g/mol. The van der Waals surface area contributed by atoms with Crippen LogP contribution in [-0.4, -0.2) is 33.5 Å². The third-order valence-electron chi connectivity index (χ3n) is 4.07. The molecule has 1 N–H and O–H groups in total. The van der Waals surface area contributed by atoms with Crippen LogP contribution in [0.1, 0.15) is 44.2 Å². The summed E-state index contributed by atoms with van der Waals surface area (Å²) in [5.74, 6) is 1.74. The van der Waals surface area contributed by atoms with Crippen molar-refractivity contribution in [2.24, 2.45) is 0 Å². The van der Waals surface area contributed by atoms with E-state index < -0.39 is 0 Å². The summed E-state index contributed by atoms with van der Waals surface area (Å²) in [6.07, 6.45) is 4.94. The molecular formula is C17H27NO3. The Labute approximate surface area is 127 Å². The Kier molecular flexibility index (Phi) is 6.33. The van der Waals surface area contributed by atoms with E-state index in [1.807, 2.05) is 19.2 Å². The maximum atomic E-state index is 5.99. The van der Waals surface area contributed by atoms with Crippen LogP contribution in [0.5, 0.6) is 11.5 Å². The molecule has 2 rings (SSSR count). The highest BCUT2D eigenvalue weighted by atomic mass is 16.5. The number of rotatable bonds is 8. The molecule has 1 aromatic carbocycles. The van der Waals surface area contributed by atoms with E-state index in [4.69, 9.17) is 14.2 Å². The molecular weight excluding hydrogens is 266 g/mol. The highest BCUT2D eigenvalue weighted by Gasteiger charge is 2.15. The second kappa shape index (κ2) is 8.25. The molecule has 0 aromatic heterocycles. The molecule has 1 aliphatic heterocycles. The molecule has 1 fully saturated rings. The lowest BCUT2D eigenvalue weighted by Crippen LogP contribution is -2.14. The number of hydrogen-bond acceptors (Lipinski definition) is 4. The Balaban J connectivity index is 1.89. The molecule has 21 heavy (non-hydrogen) atoms. The van der Waals surface area contributed by atoms with E-state index in [0.717, 1.165) is 43.1 Å². The minimum Gasteiger partial charge on any atom is -0.497 e. The number of ether oxygens (including phenoxy) is 3. The monoisotopic (exact) mass is 293 g/mol. The van der Waals surface area contributed by atoms with Crippen LogP contribution in [0.4, 0.5) is 0 Å². The minimum atomic E-state index is 0.254. The third-order valence-corrected chi connectivity index (χ3v) is 4.07. The molecule has 0 radical (unpaired) electrons. The highest BCUT2D eigenvalue weighted by molar-refractivity contribution is 5.42. The molecule has 2 unspecified atom stereocenters. The van der Waals surface area contributed by atoms with E-state index in [1.54, 1.807) is 7.11 Å². The van der Waals surface area contributed by atoms with E-state index in [9.17, 15) is 0 Å². The van der Waals surface area contributed by atoms with Gasteiger partial charge in [0.25, 0.3) is 0 Å². The largest absolute Gasteiger partial charge is 0.497 e. The van der Waals surface area contributed by atoms with Crippen LogP contribution >= 0.6 is 0 Å². The van der Waals surface area contributed by atoms with E-state index >= 15 is 0 Å². The molecule has 1 aliphatic rings. The van der Waals surface area contributed by atoms with Crippen molar-refractivity contribution in [3.63, 3.8) is 0 Å². The van der Waals surface area contributed by atoms with Crippen molar-refractivity contribution in [3.05, 3.63) is 23.8 Å². The first-order valence-electron chi connectivity index (χ1n) is 7.84. The van der Waals surface area contributed by atoms with Gasteiger partial charge in [0.05, 0.1) is 19.8 Å². The van der Waals surface area contributed by atoms with Gasteiger partial charge >= 0.3 is 0 Å². The van der Waals surface area contributed by atoms with Crippen LogP contribution in [0.3, 0.4) is 0 Å². The fourth-order valence-corrected chi connectivity index (χ4v) is 2.65. The summed E-state index contributed by atoms with van der Waals surface area (Å²) in [5, 5.41) is 3.25. The SMILES string of the molecule is CNC(C)c1ccc(OC)cc1OCCCC1CCCO1. The quantitative estimate of drug-likeness (QED) is 0.746. The van der Waals surface area contributed by atoms with Gasteiger partial charge < -0.3 is 19.5 Å². The average Bonchev–Trinajstić information content (AvgIpc) is 3.04. The Morgan fingerprint density at radius 1 is 1.43 bits per heavy atom. The number of benzene rings is 1. The number of hydrogen-bond donors (Lipinski definition) is 1. The molecule has 118 valence electrons. The van der Waals surface area contributed by atoms with E-state index in [0.29, 0.717) is 6.10 Å². The molecule has 0 saturated carbocycles. The van der Waals surface area contributed by atoms with Crippen molar-refractivity contribution >= 4 is 0 Å². The maximum Gasteiger partial charge on any atom is 0.127 e. The van der Waals surface area contributed by atoms with E-state index in [-0.39, 0.29) is 6.04 Å². The van der Waals surface area contributed by atoms with E-state index in [1.165, 1.54) is 12.8 Å². The molecule has 1 saturated heterocycles. The van der Waals surface area contributed by atoms with Gasteiger partial charge in [-0.2, -0.15) is 0 Å². The lowest BCUT2D eigenvalue weighted by molar-refractivity contribution is 0.0980. The van der Waals surface area contributed by atoms with Gasteiger partial charge in [0, 0.05) is 24.3 Å². The smallest absolute Gasteiger partial charge is 0.127 e. The van der Waals surface area contributed by atoms with Gasteiger partial charge in [-0.3, -0.25) is 0 Å². The van der Waals surface area contributed by atoms with E-state index in [2.05, 4.69) is 18.3 Å². The van der Waals surface area contributed by atoms with Gasteiger partial charge in [0.1, 0.15) is 11.5 Å². The number of nitrogens with one attached hydrogen (secondary N) is 1. The van der Waals surface area contributed by atoms with Crippen molar-refractivity contribution in [1.82, 2.24) is 5.32 Å². The zero-order valence-electron chi connectivity index (χ0n) is 13.4. The second-order valence-corrected chi connectivity index (χ2v) is 5.54. The van der Waals surface area contributed by atoms with Crippen LogP contribution in [0, 0.1) is 0 Å². The minimum absolute atomic E-state index is 0.254. The summed E-state index contributed by atoms with van der Waals surface area (Å²) in [7, 11) is 3.63. The first kappa shape index (κ1) is 16.1. The summed E-state index contributed by atoms with van der Waals surface area (Å²) in [6.45, 7) is 3.77. The Bertz CT molecular complexity index is 430. The topological polar surface area (TPSA) is 39.7 Å². The Morgan fingerprint density at radius 3 is 2.95 bits per heavy atom. The van der Waals surface area contributed by atoms with Crippen LogP contribution in [0.25, 0.3) is 0 Å². The van der Waals surface area contributed by atoms with Crippen molar-refractivity contribution in [2.75, 3.05) is 27.4 Å². The fraction of sp³-hybridized carbons (Fsp3) is 0.647. The van der Waals surface area contributed by atoms with Gasteiger partial charge in [0.15, 0.2) is 0 Å². The summed E-state index contributed by atoms with van der Waals surface area (Å²) in [5.41, 5.74) is 1.16. The molecule has 2 atom stereocenters. The first-order valence-corrected chi connectivity index (χ1v) is 7.84. The van der Waals surface area contributed by atoms with Crippen molar-refractivity contribution in [1.29, 1.82) is 0 Å². The Hall–Kier alpha value is -1.26. The second-order valence-electron chi connectivity index (χ2n) is 5.54. The molecule has 4 nitrogen and oxygen atoms in total. The van der Waals surface area contributed by atoms with Gasteiger partial charge in [0.2, 0.25) is 0 Å². The molecule has 1 aromatic rings. The van der Waals surface area contributed by atoms with Crippen molar-refractivity contribution in [3.8, 4) is 11.5 Å². The summed E-state index contributed by atoms with van der Waals surface area (Å²) in [6, 6.07) is 6.26. The maximum absolute atomic E-state index is 5.99. The van der Waals surface area contributed by atoms with Crippen molar-refractivity contribution < 1.29 is 14.2 Å². The first-order chi connectivity index (χ1) is 10.2.